The molecule has 4 aromatic rings. The van der Waals surface area contributed by atoms with E-state index in [4.69, 9.17) is 0 Å². The smallest absolute Gasteiger partial charge is 0.194 e. The van der Waals surface area contributed by atoms with Crippen LogP contribution in [0, 0.1) is 0 Å². The first-order valence-electron chi connectivity index (χ1n) is 7.81. The molecule has 0 saturated heterocycles. The van der Waals surface area contributed by atoms with Crippen LogP contribution in [0.1, 0.15) is 15.9 Å². The summed E-state index contributed by atoms with van der Waals surface area (Å²) in [5.74, 6) is 0.0841. The van der Waals surface area contributed by atoms with Crippen LogP contribution in [0.2, 0.25) is 0 Å². The first kappa shape index (κ1) is 13.1. The number of benzene rings is 3. The molecule has 24 heavy (non-hydrogen) atoms. The molecule has 0 unspecified atom stereocenters. The molecule has 1 aliphatic rings. The molecule has 1 aliphatic carbocycles. The monoisotopic (exact) mass is 308 g/mol. The molecule has 3 nitrogen and oxygen atoms in total. The molecule has 5 rings (SSSR count). The van der Waals surface area contributed by atoms with Gasteiger partial charge in [-0.15, -0.1) is 0 Å². The molecule has 112 valence electrons. The van der Waals surface area contributed by atoms with E-state index in [2.05, 4.69) is 9.97 Å². The summed E-state index contributed by atoms with van der Waals surface area (Å²) in [4.78, 5) is 21.5. The van der Waals surface area contributed by atoms with Gasteiger partial charge in [-0.25, -0.2) is 9.97 Å². The molecular formula is C21H12N2O. The van der Waals surface area contributed by atoms with Gasteiger partial charge in [0.2, 0.25) is 0 Å². The summed E-state index contributed by atoms with van der Waals surface area (Å²) < 4.78 is 0. The van der Waals surface area contributed by atoms with Crippen LogP contribution in [0.25, 0.3) is 33.3 Å². The number of ketones is 1. The van der Waals surface area contributed by atoms with Crippen molar-refractivity contribution in [3.63, 3.8) is 0 Å². The Bertz CT molecular complexity index is 1130. The zero-order valence-electron chi connectivity index (χ0n) is 12.7. The van der Waals surface area contributed by atoms with E-state index in [1.165, 1.54) is 0 Å². The predicted octanol–water partition coefficient (Wildman–Crippen LogP) is 4.51. The van der Waals surface area contributed by atoms with Crippen LogP contribution in [-0.4, -0.2) is 15.8 Å². The Labute approximate surface area is 138 Å². The van der Waals surface area contributed by atoms with Crippen LogP contribution in [0.15, 0.2) is 73.1 Å². The van der Waals surface area contributed by atoms with E-state index >= 15 is 0 Å². The van der Waals surface area contributed by atoms with Crippen LogP contribution in [0.3, 0.4) is 0 Å². The molecule has 0 spiro atoms. The third-order valence-electron chi connectivity index (χ3n) is 4.54. The highest BCUT2D eigenvalue weighted by Crippen LogP contribution is 2.38. The molecule has 3 heteroatoms. The molecule has 0 aliphatic heterocycles. The number of hydrogen-bond donors (Lipinski definition) is 0. The van der Waals surface area contributed by atoms with Crippen molar-refractivity contribution in [1.29, 1.82) is 0 Å². The van der Waals surface area contributed by atoms with Crippen molar-refractivity contribution in [2.24, 2.45) is 0 Å². The quantitative estimate of drug-likeness (QED) is 0.457. The van der Waals surface area contributed by atoms with E-state index in [-0.39, 0.29) is 5.78 Å². The fraction of sp³-hybridized carbons (Fsp3) is 0. The predicted molar refractivity (Wildman–Crippen MR) is 93.8 cm³/mol. The van der Waals surface area contributed by atoms with Gasteiger partial charge in [-0.3, -0.25) is 4.79 Å². The molecule has 1 aromatic heterocycles. The molecule has 0 radical (unpaired) electrons. The lowest BCUT2D eigenvalue weighted by atomic mass is 10.00. The number of aromatic nitrogens is 2. The third kappa shape index (κ3) is 1.75. The van der Waals surface area contributed by atoms with Crippen LogP contribution < -0.4 is 0 Å². The van der Waals surface area contributed by atoms with Crippen molar-refractivity contribution in [1.82, 2.24) is 9.97 Å². The maximum Gasteiger partial charge on any atom is 0.194 e. The number of fused-ring (bicyclic) bond motifs is 4. The van der Waals surface area contributed by atoms with Gasteiger partial charge in [0.05, 0.1) is 11.2 Å². The number of para-hydroxylation sites is 1. The highest BCUT2D eigenvalue weighted by Gasteiger charge is 2.26. The molecule has 0 amide bonds. The van der Waals surface area contributed by atoms with Crippen LogP contribution in [0.4, 0.5) is 0 Å². The van der Waals surface area contributed by atoms with Crippen molar-refractivity contribution in [2.45, 2.75) is 0 Å². The van der Waals surface area contributed by atoms with Crippen LogP contribution in [-0.2, 0) is 0 Å². The summed E-state index contributed by atoms with van der Waals surface area (Å²) in [7, 11) is 0. The lowest BCUT2D eigenvalue weighted by Crippen LogP contribution is -1.96. The zero-order valence-corrected chi connectivity index (χ0v) is 12.7. The number of carbonyl (C=O) groups excluding carboxylic acids is 1. The maximum absolute atomic E-state index is 12.7. The van der Waals surface area contributed by atoms with Crippen molar-refractivity contribution < 1.29 is 4.79 Å². The maximum atomic E-state index is 12.7. The van der Waals surface area contributed by atoms with Gasteiger partial charge < -0.3 is 0 Å². The summed E-state index contributed by atoms with van der Waals surface area (Å²) >= 11 is 0. The molecule has 0 saturated carbocycles. The van der Waals surface area contributed by atoms with Crippen molar-refractivity contribution >= 4 is 16.7 Å². The number of nitrogens with zero attached hydrogens (tertiary/aromatic N) is 2. The number of rotatable bonds is 1. The van der Waals surface area contributed by atoms with E-state index < -0.39 is 0 Å². The minimum absolute atomic E-state index is 0.0841. The fourth-order valence-electron chi connectivity index (χ4n) is 3.41. The number of carbonyl (C=O) groups is 1. The first-order chi connectivity index (χ1) is 11.8. The summed E-state index contributed by atoms with van der Waals surface area (Å²) in [6.07, 6.45) is 1.57. The first-order valence-corrected chi connectivity index (χ1v) is 7.81. The Kier molecular flexibility index (Phi) is 2.65. The summed E-state index contributed by atoms with van der Waals surface area (Å²) in [6, 6.07) is 21.7. The minimum atomic E-state index is 0.0841. The van der Waals surface area contributed by atoms with Gasteiger partial charge in [-0.1, -0.05) is 54.6 Å². The highest BCUT2D eigenvalue weighted by atomic mass is 16.1. The molecule has 0 fully saturated rings. The largest absolute Gasteiger partial charge is 0.289 e. The van der Waals surface area contributed by atoms with E-state index in [9.17, 15) is 4.79 Å². The number of hydrogen-bond acceptors (Lipinski definition) is 3. The van der Waals surface area contributed by atoms with E-state index in [1.54, 1.807) is 6.33 Å². The molecular weight excluding hydrogens is 296 g/mol. The van der Waals surface area contributed by atoms with Gasteiger partial charge in [-0.05, 0) is 23.3 Å². The Morgan fingerprint density at radius 3 is 2.33 bits per heavy atom. The lowest BCUT2D eigenvalue weighted by molar-refractivity contribution is 0.104. The normalized spacial score (nSPS) is 12.2. The summed E-state index contributed by atoms with van der Waals surface area (Å²) in [6.45, 7) is 0. The van der Waals surface area contributed by atoms with Gasteiger partial charge in [0.15, 0.2) is 5.78 Å². The zero-order chi connectivity index (χ0) is 16.1. The van der Waals surface area contributed by atoms with E-state index in [0.29, 0.717) is 0 Å². The van der Waals surface area contributed by atoms with E-state index in [0.717, 1.165) is 44.4 Å². The van der Waals surface area contributed by atoms with Gasteiger partial charge in [0.25, 0.3) is 0 Å². The Morgan fingerprint density at radius 2 is 1.42 bits per heavy atom. The SMILES string of the molecule is O=C1c2ccccc2-c2ccc(-c3ncnc4ccccc34)cc21. The Morgan fingerprint density at radius 1 is 0.667 bits per heavy atom. The van der Waals surface area contributed by atoms with Crippen LogP contribution in [0.5, 0.6) is 0 Å². The topological polar surface area (TPSA) is 42.9 Å². The van der Waals surface area contributed by atoms with Gasteiger partial charge in [0, 0.05) is 22.1 Å². The lowest BCUT2D eigenvalue weighted by Gasteiger charge is -2.07. The molecule has 3 aromatic carbocycles. The molecule has 0 atom stereocenters. The van der Waals surface area contributed by atoms with Crippen LogP contribution >= 0.6 is 0 Å². The average molecular weight is 308 g/mol. The molecule has 1 heterocycles. The Hall–Kier alpha value is -3.33. The second kappa shape index (κ2) is 4.83. The average Bonchev–Trinajstić information content (AvgIpc) is 2.94. The van der Waals surface area contributed by atoms with Gasteiger partial charge >= 0.3 is 0 Å². The molecule has 0 bridgehead atoms. The summed E-state index contributed by atoms with van der Waals surface area (Å²) in [5, 5.41) is 0.989. The third-order valence-corrected chi connectivity index (χ3v) is 4.54. The highest BCUT2D eigenvalue weighted by molar-refractivity contribution is 6.22. The Balaban J connectivity index is 1.74. The minimum Gasteiger partial charge on any atom is -0.289 e. The van der Waals surface area contributed by atoms with Crippen molar-refractivity contribution in [3.05, 3.63) is 84.2 Å². The fourth-order valence-corrected chi connectivity index (χ4v) is 3.41. The second-order valence-electron chi connectivity index (χ2n) is 5.87. The molecule has 0 N–H and O–H groups in total. The van der Waals surface area contributed by atoms with Gasteiger partial charge in [-0.2, -0.15) is 0 Å². The standard InChI is InChI=1S/C21H12N2O/c24-21-16-6-2-1-5-14(16)15-10-9-13(11-18(15)21)20-17-7-3-4-8-19(17)22-12-23-20/h1-12H. The van der Waals surface area contributed by atoms with Crippen molar-refractivity contribution in [2.75, 3.05) is 0 Å². The van der Waals surface area contributed by atoms with Crippen molar-refractivity contribution in [3.8, 4) is 22.4 Å². The van der Waals surface area contributed by atoms with Gasteiger partial charge in [0.1, 0.15) is 6.33 Å². The summed E-state index contributed by atoms with van der Waals surface area (Å²) in [5.41, 5.74) is 6.22. The van der Waals surface area contributed by atoms with E-state index in [1.807, 2.05) is 66.7 Å². The second-order valence-corrected chi connectivity index (χ2v) is 5.87.